The molecule has 0 aromatic heterocycles. The summed E-state index contributed by atoms with van der Waals surface area (Å²) < 4.78 is 0. The van der Waals surface area contributed by atoms with E-state index in [1.807, 2.05) is 38.3 Å². The van der Waals surface area contributed by atoms with Gasteiger partial charge < -0.3 is 10.6 Å². The Balaban J connectivity index is 3.80. The van der Waals surface area contributed by atoms with Crippen LogP contribution in [0, 0.1) is 0 Å². The maximum Gasteiger partial charge on any atom is 0.0937 e. The first kappa shape index (κ1) is 12.1. The van der Waals surface area contributed by atoms with Gasteiger partial charge in [0.1, 0.15) is 0 Å². The van der Waals surface area contributed by atoms with Crippen LogP contribution in [0.15, 0.2) is 36.6 Å². The molecule has 0 radical (unpaired) electrons. The highest BCUT2D eigenvalue weighted by Crippen LogP contribution is 1.88. The van der Waals surface area contributed by atoms with E-state index in [0.29, 0.717) is 6.54 Å². The molecule has 0 aromatic rings. The van der Waals surface area contributed by atoms with Crippen molar-refractivity contribution in [1.82, 2.24) is 10.6 Å². The molecule has 0 saturated heterocycles. The molecule has 0 spiro atoms. The Bertz CT molecular complexity index is 229. The van der Waals surface area contributed by atoms with Crippen molar-refractivity contribution in [2.75, 3.05) is 13.6 Å². The standard InChI is InChI=1S/C10H16N2S/c1-4-5-6-7-9(2)12-10(13)8-11-3/h4-7,11H,2,8H2,1,3H3,(H,12,13)/b5-4-,7-6-. The third kappa shape index (κ3) is 7.43. The second kappa shape index (κ2) is 7.71. The predicted octanol–water partition coefficient (Wildman–Crippen LogP) is 1.77. The van der Waals surface area contributed by atoms with Gasteiger partial charge in [-0.05, 0) is 20.0 Å². The first-order chi connectivity index (χ1) is 6.20. The second-order valence-corrected chi connectivity index (χ2v) is 2.98. The normalized spacial score (nSPS) is 10.9. The Morgan fingerprint density at radius 2 is 2.15 bits per heavy atom. The highest BCUT2D eigenvalue weighted by atomic mass is 32.1. The Hall–Kier alpha value is -0.930. The highest BCUT2D eigenvalue weighted by Gasteiger charge is 1.92. The molecular weight excluding hydrogens is 180 g/mol. The molecule has 0 aromatic carbocycles. The van der Waals surface area contributed by atoms with Crippen LogP contribution in [0.1, 0.15) is 6.92 Å². The number of rotatable bonds is 5. The van der Waals surface area contributed by atoms with E-state index >= 15 is 0 Å². The summed E-state index contributed by atoms with van der Waals surface area (Å²) in [6.45, 7) is 6.44. The van der Waals surface area contributed by atoms with E-state index < -0.39 is 0 Å². The second-order valence-electron chi connectivity index (χ2n) is 2.49. The Morgan fingerprint density at radius 1 is 1.46 bits per heavy atom. The highest BCUT2D eigenvalue weighted by molar-refractivity contribution is 7.80. The van der Waals surface area contributed by atoms with E-state index in [1.54, 1.807) is 0 Å². The molecule has 2 N–H and O–H groups in total. The molecule has 0 aliphatic carbocycles. The SMILES string of the molecule is C=C(/C=C\C=C/C)NC(=S)CNC. The number of allylic oxidation sites excluding steroid dienone is 4. The van der Waals surface area contributed by atoms with Crippen LogP contribution >= 0.6 is 12.2 Å². The number of thiocarbonyl (C=S) groups is 1. The largest absolute Gasteiger partial charge is 0.349 e. The summed E-state index contributed by atoms with van der Waals surface area (Å²) in [6.07, 6.45) is 7.68. The predicted molar refractivity (Wildman–Crippen MR) is 62.8 cm³/mol. The zero-order chi connectivity index (χ0) is 10.1. The number of nitrogens with one attached hydrogen (secondary N) is 2. The van der Waals surface area contributed by atoms with E-state index in [-0.39, 0.29) is 0 Å². The minimum atomic E-state index is 0.672. The summed E-state index contributed by atoms with van der Waals surface area (Å²) in [7, 11) is 1.85. The molecule has 0 atom stereocenters. The summed E-state index contributed by atoms with van der Waals surface area (Å²) in [4.78, 5) is 0.748. The monoisotopic (exact) mass is 196 g/mol. The van der Waals surface area contributed by atoms with Gasteiger partial charge in [-0.25, -0.2) is 0 Å². The van der Waals surface area contributed by atoms with Crippen LogP contribution in [0.5, 0.6) is 0 Å². The van der Waals surface area contributed by atoms with Crippen molar-refractivity contribution in [1.29, 1.82) is 0 Å². The zero-order valence-electron chi connectivity index (χ0n) is 8.13. The van der Waals surface area contributed by atoms with Gasteiger partial charge in [0.15, 0.2) is 0 Å². The molecule has 3 heteroatoms. The first-order valence-corrected chi connectivity index (χ1v) is 4.54. The number of likely N-dealkylation sites (N-methyl/N-ethyl adjacent to an activating group) is 1. The fourth-order valence-corrected chi connectivity index (χ4v) is 0.984. The average molecular weight is 196 g/mol. The summed E-state index contributed by atoms with van der Waals surface area (Å²) in [5, 5.41) is 5.95. The van der Waals surface area contributed by atoms with Gasteiger partial charge in [0, 0.05) is 12.2 Å². The van der Waals surface area contributed by atoms with Crippen molar-refractivity contribution < 1.29 is 0 Å². The lowest BCUT2D eigenvalue weighted by atomic mass is 10.4. The molecule has 13 heavy (non-hydrogen) atoms. The van der Waals surface area contributed by atoms with Crippen LogP contribution in [0.3, 0.4) is 0 Å². The lowest BCUT2D eigenvalue weighted by molar-refractivity contribution is 0.932. The third-order valence-electron chi connectivity index (χ3n) is 1.24. The van der Waals surface area contributed by atoms with E-state index in [4.69, 9.17) is 12.2 Å². The fourth-order valence-electron chi connectivity index (χ4n) is 0.708. The summed E-state index contributed by atoms with van der Waals surface area (Å²) in [5.41, 5.74) is 0.804. The molecule has 0 heterocycles. The summed E-state index contributed by atoms with van der Waals surface area (Å²) >= 11 is 5.02. The van der Waals surface area contributed by atoms with Gasteiger partial charge in [-0.15, -0.1) is 0 Å². The summed E-state index contributed by atoms with van der Waals surface area (Å²) in [6, 6.07) is 0. The molecule has 0 saturated carbocycles. The molecule has 0 aliphatic rings. The Labute approximate surface area is 85.4 Å². The molecule has 0 bridgehead atoms. The van der Waals surface area contributed by atoms with Crippen LogP contribution < -0.4 is 10.6 Å². The Morgan fingerprint density at radius 3 is 2.69 bits per heavy atom. The van der Waals surface area contributed by atoms with Crippen LogP contribution in [-0.4, -0.2) is 18.6 Å². The molecule has 0 unspecified atom stereocenters. The third-order valence-corrected chi connectivity index (χ3v) is 1.48. The van der Waals surface area contributed by atoms with Crippen molar-refractivity contribution in [3.8, 4) is 0 Å². The van der Waals surface area contributed by atoms with Crippen LogP contribution in [0.25, 0.3) is 0 Å². The molecule has 0 fully saturated rings. The van der Waals surface area contributed by atoms with E-state index in [9.17, 15) is 0 Å². The van der Waals surface area contributed by atoms with Gasteiger partial charge in [-0.3, -0.25) is 0 Å². The molecular formula is C10H16N2S. The molecule has 0 rings (SSSR count). The van der Waals surface area contributed by atoms with Gasteiger partial charge in [-0.2, -0.15) is 0 Å². The quantitative estimate of drug-likeness (QED) is 0.517. The number of hydrogen-bond acceptors (Lipinski definition) is 2. The minimum absolute atomic E-state index is 0.672. The average Bonchev–Trinajstić information content (AvgIpc) is 2.05. The Kier molecular flexibility index (Phi) is 7.15. The van der Waals surface area contributed by atoms with Gasteiger partial charge in [-0.1, -0.05) is 37.0 Å². The van der Waals surface area contributed by atoms with Crippen LogP contribution in [0.4, 0.5) is 0 Å². The van der Waals surface area contributed by atoms with E-state index in [0.717, 1.165) is 10.7 Å². The molecule has 0 amide bonds. The molecule has 2 nitrogen and oxygen atoms in total. The van der Waals surface area contributed by atoms with Crippen molar-refractivity contribution in [3.05, 3.63) is 36.6 Å². The number of hydrogen-bond donors (Lipinski definition) is 2. The van der Waals surface area contributed by atoms with Gasteiger partial charge >= 0.3 is 0 Å². The zero-order valence-corrected chi connectivity index (χ0v) is 8.95. The topological polar surface area (TPSA) is 24.1 Å². The lowest BCUT2D eigenvalue weighted by Gasteiger charge is -2.05. The van der Waals surface area contributed by atoms with E-state index in [1.165, 1.54) is 0 Å². The maximum atomic E-state index is 5.02. The van der Waals surface area contributed by atoms with Crippen molar-refractivity contribution in [3.63, 3.8) is 0 Å². The maximum absolute atomic E-state index is 5.02. The van der Waals surface area contributed by atoms with Crippen molar-refractivity contribution >= 4 is 17.2 Å². The first-order valence-electron chi connectivity index (χ1n) is 4.13. The fraction of sp³-hybridized carbons (Fsp3) is 0.300. The molecule has 0 aliphatic heterocycles. The smallest absolute Gasteiger partial charge is 0.0937 e. The van der Waals surface area contributed by atoms with Gasteiger partial charge in [0.2, 0.25) is 0 Å². The van der Waals surface area contributed by atoms with Crippen molar-refractivity contribution in [2.45, 2.75) is 6.92 Å². The van der Waals surface area contributed by atoms with Crippen LogP contribution in [-0.2, 0) is 0 Å². The molecule has 72 valence electrons. The minimum Gasteiger partial charge on any atom is -0.349 e. The van der Waals surface area contributed by atoms with Crippen LogP contribution in [0.2, 0.25) is 0 Å². The summed E-state index contributed by atoms with van der Waals surface area (Å²) in [5.74, 6) is 0. The lowest BCUT2D eigenvalue weighted by Crippen LogP contribution is -2.29. The van der Waals surface area contributed by atoms with Crippen molar-refractivity contribution in [2.24, 2.45) is 0 Å². The van der Waals surface area contributed by atoms with E-state index in [2.05, 4.69) is 17.2 Å². The van der Waals surface area contributed by atoms with Gasteiger partial charge in [0.25, 0.3) is 0 Å². The van der Waals surface area contributed by atoms with Gasteiger partial charge in [0.05, 0.1) is 4.99 Å².